The van der Waals surface area contributed by atoms with E-state index in [2.05, 4.69) is 21.3 Å². The zero-order chi connectivity index (χ0) is 38.3. The number of amides is 4. The summed E-state index contributed by atoms with van der Waals surface area (Å²) in [5.74, 6) is -12.6. The van der Waals surface area contributed by atoms with Crippen LogP contribution in [0.1, 0.15) is 39.0 Å². The van der Waals surface area contributed by atoms with Crippen LogP contribution in [0.2, 0.25) is 0 Å². The van der Waals surface area contributed by atoms with Crippen LogP contribution in [0.25, 0.3) is 0 Å². The lowest BCUT2D eigenvalue weighted by molar-refractivity contribution is -0.155. The highest BCUT2D eigenvalue weighted by molar-refractivity contribution is 8.76. The van der Waals surface area contributed by atoms with E-state index >= 15 is 0 Å². The molecule has 0 unspecified atom stereocenters. The molecule has 0 rings (SSSR count). The summed E-state index contributed by atoms with van der Waals surface area (Å²) < 4.78 is 0. The lowest BCUT2D eigenvalue weighted by atomic mass is 10.1. The predicted octanol–water partition coefficient (Wildman–Crippen LogP) is -3.70. The van der Waals surface area contributed by atoms with Crippen LogP contribution in [-0.2, 0) is 47.9 Å². The molecule has 0 bridgehead atoms. The van der Waals surface area contributed by atoms with Gasteiger partial charge in [-0.2, -0.15) is 0 Å². The summed E-state index contributed by atoms with van der Waals surface area (Å²) in [5, 5.41) is 60.4. The summed E-state index contributed by atoms with van der Waals surface area (Å²) in [7, 11) is 1.89. The molecule has 49 heavy (non-hydrogen) atoms. The van der Waals surface area contributed by atoms with E-state index < -0.39 is 103 Å². The van der Waals surface area contributed by atoms with Gasteiger partial charge in [0, 0.05) is 24.3 Å². The smallest absolute Gasteiger partial charge is 0.322 e. The molecular formula is C25H40N6O16S2. The third-order valence-corrected chi connectivity index (χ3v) is 8.11. The number of carbonyl (C=O) groups is 10. The van der Waals surface area contributed by atoms with Crippen molar-refractivity contribution in [3.05, 3.63) is 0 Å². The first-order valence-electron chi connectivity index (χ1n) is 14.0. The van der Waals surface area contributed by atoms with E-state index in [9.17, 15) is 47.9 Å². The van der Waals surface area contributed by atoms with Gasteiger partial charge in [0.05, 0.1) is 0 Å². The average Bonchev–Trinajstić information content (AvgIpc) is 3.00. The van der Waals surface area contributed by atoms with Crippen molar-refractivity contribution in [3.8, 4) is 0 Å². The van der Waals surface area contributed by atoms with Crippen molar-refractivity contribution in [1.29, 1.82) is 0 Å². The molecule has 0 aromatic heterocycles. The summed E-state index contributed by atoms with van der Waals surface area (Å²) >= 11 is 0. The van der Waals surface area contributed by atoms with E-state index in [1.165, 1.54) is 6.92 Å². The Hall–Kier alpha value is -4.68. The van der Waals surface area contributed by atoms with Gasteiger partial charge < -0.3 is 63.4 Å². The molecule has 0 aromatic carbocycles. The van der Waals surface area contributed by atoms with Gasteiger partial charge in [0.2, 0.25) is 23.6 Å². The molecule has 0 aliphatic heterocycles. The Morgan fingerprint density at radius 1 is 0.571 bits per heavy atom. The Morgan fingerprint density at radius 2 is 0.898 bits per heavy atom. The summed E-state index contributed by atoms with van der Waals surface area (Å²) in [5.41, 5.74) is 10.7. The first-order valence-corrected chi connectivity index (χ1v) is 16.5. The lowest BCUT2D eigenvalue weighted by Gasteiger charge is -2.20. The monoisotopic (exact) mass is 744 g/mol. The molecule has 278 valence electrons. The molecule has 0 saturated heterocycles. The molecule has 0 radical (unpaired) electrons. The van der Waals surface area contributed by atoms with Crippen LogP contribution in [0.4, 0.5) is 0 Å². The van der Waals surface area contributed by atoms with E-state index in [0.717, 1.165) is 21.6 Å². The number of hydrogen-bond donors (Lipinski definition) is 12. The molecule has 0 aliphatic rings. The normalized spacial score (nSPS) is 12.8. The molecule has 0 heterocycles. The van der Waals surface area contributed by atoms with Gasteiger partial charge in [0.1, 0.15) is 37.3 Å². The third kappa shape index (κ3) is 23.3. The number of hydrogen-bond acceptors (Lipinski definition) is 14. The van der Waals surface area contributed by atoms with Crippen LogP contribution in [0, 0.1) is 5.92 Å². The third-order valence-electron chi connectivity index (χ3n) is 5.69. The fourth-order valence-electron chi connectivity index (χ4n) is 2.98. The molecule has 0 spiro atoms. The van der Waals surface area contributed by atoms with Gasteiger partial charge in [0.15, 0.2) is 5.92 Å². The van der Waals surface area contributed by atoms with Gasteiger partial charge in [-0.1, -0.05) is 28.5 Å². The molecular weight excluding hydrogens is 704 g/mol. The molecule has 22 nitrogen and oxygen atoms in total. The Kier molecular flexibility index (Phi) is 24.0. The van der Waals surface area contributed by atoms with E-state index in [4.69, 9.17) is 42.1 Å². The number of nitrogens with two attached hydrogens (primary N) is 2. The van der Waals surface area contributed by atoms with Crippen molar-refractivity contribution < 1.29 is 78.6 Å². The van der Waals surface area contributed by atoms with Gasteiger partial charge in [0.25, 0.3) is 0 Å². The fourth-order valence-corrected chi connectivity index (χ4v) is 5.31. The number of aliphatic carboxylic acids is 6. The second kappa shape index (κ2) is 25.4. The highest BCUT2D eigenvalue weighted by Gasteiger charge is 2.26. The summed E-state index contributed by atoms with van der Waals surface area (Å²) in [6, 6.07) is -5.16. The lowest BCUT2D eigenvalue weighted by Crippen LogP contribution is -2.50. The average molecular weight is 745 g/mol. The van der Waals surface area contributed by atoms with Gasteiger partial charge >= 0.3 is 35.8 Å². The number of nitrogens with one attached hydrogen (secondary N) is 4. The summed E-state index contributed by atoms with van der Waals surface area (Å²) in [6.07, 6.45) is -0.993. The predicted molar refractivity (Wildman–Crippen MR) is 169 cm³/mol. The maximum Gasteiger partial charge on any atom is 0.322 e. The maximum atomic E-state index is 12.4. The fraction of sp³-hybridized carbons (Fsp3) is 0.600. The first-order chi connectivity index (χ1) is 22.7. The number of carbonyl (C=O) groups excluding carboxylic acids is 4. The van der Waals surface area contributed by atoms with Crippen molar-refractivity contribution >= 4 is 81.0 Å². The number of rotatable bonds is 24. The molecule has 0 aliphatic carbocycles. The van der Waals surface area contributed by atoms with Gasteiger partial charge in [-0.25, -0.2) is 0 Å². The van der Waals surface area contributed by atoms with E-state index in [0.29, 0.717) is 0 Å². The zero-order valence-electron chi connectivity index (χ0n) is 26.0. The molecule has 4 atom stereocenters. The minimum absolute atomic E-state index is 0.130. The highest BCUT2D eigenvalue weighted by Crippen LogP contribution is 2.23. The quantitative estimate of drug-likeness (QED) is 0.0257. The van der Waals surface area contributed by atoms with Gasteiger partial charge in [-0.3, -0.25) is 47.9 Å². The van der Waals surface area contributed by atoms with E-state index in [1.807, 2.05) is 0 Å². The first kappa shape index (κ1) is 46.4. The minimum Gasteiger partial charge on any atom is -0.481 e. The van der Waals surface area contributed by atoms with Gasteiger partial charge in [-0.05, 0) is 19.3 Å². The molecule has 4 amide bonds. The second-order valence-corrected chi connectivity index (χ2v) is 12.2. The molecule has 0 fully saturated rings. The Morgan fingerprint density at radius 3 is 1.12 bits per heavy atom. The highest BCUT2D eigenvalue weighted by atomic mass is 33.1. The van der Waals surface area contributed by atoms with Crippen molar-refractivity contribution in [2.24, 2.45) is 17.4 Å². The van der Waals surface area contributed by atoms with E-state index in [-0.39, 0.29) is 43.6 Å². The summed E-state index contributed by atoms with van der Waals surface area (Å²) in [4.78, 5) is 112. The zero-order valence-corrected chi connectivity index (χ0v) is 27.6. The molecule has 0 saturated carbocycles. The Balaban J connectivity index is 0. The van der Waals surface area contributed by atoms with Crippen molar-refractivity contribution in [2.45, 2.75) is 63.2 Å². The van der Waals surface area contributed by atoms with Gasteiger partial charge in [-0.15, -0.1) is 0 Å². The second-order valence-electron chi connectivity index (χ2n) is 9.64. The minimum atomic E-state index is -1.34. The van der Waals surface area contributed by atoms with Crippen LogP contribution >= 0.6 is 21.6 Å². The molecule has 14 N–H and O–H groups in total. The molecule has 0 aromatic rings. The standard InChI is InChI=1S/C20H32N6O12S2.C5H8O4/c21-9(19(35)36)1-3-13(27)25-11(17(33)23-5-15(29)30)7-39-40-8-12(18(34)24-6-16(31)32)26-14(28)4-2-10(22)20(37)38;1-2-3(4(6)7)5(8)9/h9-12H,1-8,21-22H2,(H,23,33)(H,24,34)(H,25,27)(H,26,28)(H,29,30)(H,31,32)(H,35,36)(H,37,38);3H,2H2,1H3,(H,6,7)(H,8,9)/t9-,10-,11-,12-;/m0./s1. The maximum absolute atomic E-state index is 12.4. The molecule has 24 heteroatoms. The Bertz CT molecular complexity index is 1120. The van der Waals surface area contributed by atoms with Crippen LogP contribution in [0.5, 0.6) is 0 Å². The number of carboxylic acids is 6. The summed E-state index contributed by atoms with van der Waals surface area (Å²) in [6.45, 7) is 0.0412. The van der Waals surface area contributed by atoms with Crippen molar-refractivity contribution in [1.82, 2.24) is 21.3 Å². The van der Waals surface area contributed by atoms with Crippen LogP contribution in [0.3, 0.4) is 0 Å². The SMILES string of the molecule is CCC(C(=O)O)C(=O)O.N[C@@H](CCC(=O)N[C@@H](CSSC[C@H](NC(=O)CC[C@H](N)C(=O)O)C(=O)NCC(=O)O)C(=O)NCC(=O)O)C(=O)O. The number of carboxylic acid groups (broad SMARTS) is 6. The van der Waals surface area contributed by atoms with Crippen LogP contribution < -0.4 is 32.7 Å². The Labute approximate surface area is 285 Å². The largest absolute Gasteiger partial charge is 0.481 e. The van der Waals surface area contributed by atoms with E-state index in [1.54, 1.807) is 0 Å². The van der Waals surface area contributed by atoms with Crippen molar-refractivity contribution in [2.75, 3.05) is 24.6 Å². The van der Waals surface area contributed by atoms with Crippen molar-refractivity contribution in [3.63, 3.8) is 0 Å². The van der Waals surface area contributed by atoms with Crippen LogP contribution in [-0.4, -0.2) is 139 Å². The topological polar surface area (TPSA) is 392 Å². The van der Waals surface area contributed by atoms with Crippen LogP contribution in [0.15, 0.2) is 0 Å².